The Bertz CT molecular complexity index is 909. The van der Waals surface area contributed by atoms with Crippen LogP contribution in [-0.4, -0.2) is 36.9 Å². The van der Waals surface area contributed by atoms with Crippen LogP contribution in [0.25, 0.3) is 10.6 Å². The fourth-order valence-corrected chi connectivity index (χ4v) is 3.39. The van der Waals surface area contributed by atoms with Crippen LogP contribution in [0.2, 0.25) is 0 Å². The van der Waals surface area contributed by atoms with Crippen molar-refractivity contribution in [2.24, 2.45) is 0 Å². The average Bonchev–Trinajstić information content (AvgIpc) is 3.18. The summed E-state index contributed by atoms with van der Waals surface area (Å²) in [4.78, 5) is 14.2. The number of benzene rings is 2. The van der Waals surface area contributed by atoms with Gasteiger partial charge in [-0.2, -0.15) is 0 Å². The summed E-state index contributed by atoms with van der Waals surface area (Å²) in [5.41, 5.74) is 1.78. The minimum Gasteiger partial charge on any atom is -0.496 e. The summed E-state index contributed by atoms with van der Waals surface area (Å²) in [6.07, 6.45) is 0.235. The lowest BCUT2D eigenvalue weighted by atomic mass is 10.1. The number of anilines is 1. The van der Waals surface area contributed by atoms with Crippen LogP contribution in [-0.2, 0) is 11.2 Å². The minimum atomic E-state index is -0.0751. The van der Waals surface area contributed by atoms with Crippen LogP contribution in [0.1, 0.15) is 12.5 Å². The molecule has 0 aliphatic heterocycles. The van der Waals surface area contributed by atoms with Gasteiger partial charge in [0.15, 0.2) is 0 Å². The van der Waals surface area contributed by atoms with Crippen LogP contribution < -0.4 is 14.4 Å². The first kappa shape index (κ1) is 18.8. The van der Waals surface area contributed by atoms with E-state index in [1.165, 1.54) is 16.2 Å². The van der Waals surface area contributed by atoms with E-state index >= 15 is 0 Å². The summed E-state index contributed by atoms with van der Waals surface area (Å²) < 4.78 is 10.8. The number of likely N-dealkylation sites (N-methyl/N-ethyl adjacent to an activating group) is 1. The number of hydrogen-bond donors (Lipinski definition) is 0. The summed E-state index contributed by atoms with van der Waals surface area (Å²) in [6.45, 7) is 2.57. The second-order valence-electron chi connectivity index (χ2n) is 5.79. The number of nitrogens with zero attached hydrogens (tertiary/aromatic N) is 3. The first-order valence-corrected chi connectivity index (χ1v) is 9.39. The van der Waals surface area contributed by atoms with Gasteiger partial charge in [-0.25, -0.2) is 0 Å². The zero-order valence-corrected chi connectivity index (χ0v) is 16.3. The number of rotatable bonds is 7. The third kappa shape index (κ3) is 4.43. The van der Waals surface area contributed by atoms with Crippen molar-refractivity contribution < 1.29 is 14.3 Å². The summed E-state index contributed by atoms with van der Waals surface area (Å²) in [5.74, 6) is 1.44. The molecular weight excluding hydrogens is 362 g/mol. The molecule has 0 N–H and O–H groups in total. The number of para-hydroxylation sites is 1. The number of carbonyl (C=O) groups excluding carboxylic acids is 1. The van der Waals surface area contributed by atoms with Gasteiger partial charge < -0.3 is 9.47 Å². The fraction of sp³-hybridized carbons (Fsp3) is 0.250. The lowest BCUT2D eigenvalue weighted by molar-refractivity contribution is -0.117. The molecule has 0 bridgehead atoms. The SMILES string of the molecule is CCOc1ccc(-c2nnc(N(C)C(=O)Cc3ccccc3OC)s2)cc1. The van der Waals surface area contributed by atoms with Gasteiger partial charge in [-0.05, 0) is 37.3 Å². The minimum absolute atomic E-state index is 0.0751. The van der Waals surface area contributed by atoms with Crippen molar-refractivity contribution in [3.8, 4) is 22.1 Å². The number of carbonyl (C=O) groups is 1. The molecule has 0 saturated carbocycles. The Kier molecular flexibility index (Phi) is 6.03. The van der Waals surface area contributed by atoms with E-state index in [1.54, 1.807) is 14.2 Å². The van der Waals surface area contributed by atoms with Crippen LogP contribution >= 0.6 is 11.3 Å². The molecule has 3 rings (SSSR count). The number of amides is 1. The predicted octanol–water partition coefficient (Wildman–Crippen LogP) is 3.82. The molecule has 0 radical (unpaired) electrons. The molecule has 7 heteroatoms. The van der Waals surface area contributed by atoms with Gasteiger partial charge in [0.25, 0.3) is 0 Å². The van der Waals surface area contributed by atoms with Crippen molar-refractivity contribution in [3.63, 3.8) is 0 Å². The maximum Gasteiger partial charge on any atom is 0.233 e. The molecule has 0 spiro atoms. The smallest absolute Gasteiger partial charge is 0.233 e. The van der Waals surface area contributed by atoms with E-state index in [4.69, 9.17) is 9.47 Å². The Morgan fingerprint density at radius 1 is 1.11 bits per heavy atom. The Balaban J connectivity index is 1.72. The van der Waals surface area contributed by atoms with Gasteiger partial charge in [-0.15, -0.1) is 10.2 Å². The van der Waals surface area contributed by atoms with E-state index in [0.29, 0.717) is 17.5 Å². The quantitative estimate of drug-likeness (QED) is 0.621. The van der Waals surface area contributed by atoms with Crippen molar-refractivity contribution in [1.82, 2.24) is 10.2 Å². The second-order valence-corrected chi connectivity index (χ2v) is 6.74. The van der Waals surface area contributed by atoms with Crippen LogP contribution in [0.15, 0.2) is 48.5 Å². The largest absolute Gasteiger partial charge is 0.496 e. The van der Waals surface area contributed by atoms with E-state index in [-0.39, 0.29) is 12.3 Å². The number of methoxy groups -OCH3 is 1. The Hall–Kier alpha value is -2.93. The highest BCUT2D eigenvalue weighted by Crippen LogP contribution is 2.30. The fourth-order valence-electron chi connectivity index (χ4n) is 2.57. The standard InChI is InChI=1S/C20H21N3O3S/c1-4-26-16-11-9-14(10-12-16)19-21-22-20(27-19)23(2)18(24)13-15-7-5-6-8-17(15)25-3/h5-12H,4,13H2,1-3H3. The maximum absolute atomic E-state index is 12.6. The van der Waals surface area contributed by atoms with Gasteiger partial charge >= 0.3 is 0 Å². The van der Waals surface area contributed by atoms with E-state index in [0.717, 1.165) is 21.9 Å². The second kappa shape index (κ2) is 8.64. The molecule has 1 heterocycles. The van der Waals surface area contributed by atoms with Crippen molar-refractivity contribution in [3.05, 3.63) is 54.1 Å². The molecule has 1 amide bonds. The van der Waals surface area contributed by atoms with Gasteiger partial charge in [0, 0.05) is 18.2 Å². The molecule has 0 saturated heterocycles. The number of hydrogen-bond acceptors (Lipinski definition) is 6. The molecule has 0 aliphatic carbocycles. The Morgan fingerprint density at radius 3 is 2.56 bits per heavy atom. The maximum atomic E-state index is 12.6. The van der Waals surface area contributed by atoms with Crippen LogP contribution in [0.5, 0.6) is 11.5 Å². The zero-order valence-electron chi connectivity index (χ0n) is 15.5. The highest BCUT2D eigenvalue weighted by molar-refractivity contribution is 7.18. The highest BCUT2D eigenvalue weighted by Gasteiger charge is 2.18. The van der Waals surface area contributed by atoms with E-state index in [2.05, 4.69) is 10.2 Å². The highest BCUT2D eigenvalue weighted by atomic mass is 32.1. The molecule has 0 unspecified atom stereocenters. The Labute approximate surface area is 162 Å². The lowest BCUT2D eigenvalue weighted by Gasteiger charge is -2.14. The van der Waals surface area contributed by atoms with Crippen molar-refractivity contribution in [2.45, 2.75) is 13.3 Å². The molecular formula is C20H21N3O3S. The molecule has 2 aromatic carbocycles. The van der Waals surface area contributed by atoms with Gasteiger partial charge in [0.05, 0.1) is 20.1 Å². The third-order valence-electron chi connectivity index (χ3n) is 4.02. The predicted molar refractivity (Wildman–Crippen MR) is 107 cm³/mol. The molecule has 0 atom stereocenters. The van der Waals surface area contributed by atoms with Crippen molar-refractivity contribution >= 4 is 22.4 Å². The van der Waals surface area contributed by atoms with Crippen LogP contribution in [0.3, 0.4) is 0 Å². The Morgan fingerprint density at radius 2 is 1.85 bits per heavy atom. The lowest BCUT2D eigenvalue weighted by Crippen LogP contribution is -2.27. The van der Waals surface area contributed by atoms with Gasteiger partial charge in [-0.1, -0.05) is 29.5 Å². The number of aromatic nitrogens is 2. The normalized spacial score (nSPS) is 10.5. The number of ether oxygens (including phenoxy) is 2. The molecule has 0 fully saturated rings. The third-order valence-corrected chi connectivity index (χ3v) is 5.07. The first-order chi connectivity index (χ1) is 13.1. The molecule has 140 valence electrons. The zero-order chi connectivity index (χ0) is 19.2. The average molecular weight is 383 g/mol. The summed E-state index contributed by atoms with van der Waals surface area (Å²) in [6, 6.07) is 15.2. The summed E-state index contributed by atoms with van der Waals surface area (Å²) in [7, 11) is 3.31. The van der Waals surface area contributed by atoms with Gasteiger partial charge in [0.2, 0.25) is 11.0 Å². The first-order valence-electron chi connectivity index (χ1n) is 8.57. The van der Waals surface area contributed by atoms with E-state index < -0.39 is 0 Å². The molecule has 0 aliphatic rings. The summed E-state index contributed by atoms with van der Waals surface area (Å²) in [5, 5.41) is 9.69. The molecule has 3 aromatic rings. The van der Waals surface area contributed by atoms with Crippen molar-refractivity contribution in [2.75, 3.05) is 25.7 Å². The monoisotopic (exact) mass is 383 g/mol. The van der Waals surface area contributed by atoms with E-state index in [9.17, 15) is 4.79 Å². The van der Waals surface area contributed by atoms with Crippen molar-refractivity contribution in [1.29, 1.82) is 0 Å². The summed E-state index contributed by atoms with van der Waals surface area (Å²) >= 11 is 1.37. The molecule has 6 nitrogen and oxygen atoms in total. The van der Waals surface area contributed by atoms with Gasteiger partial charge in [0.1, 0.15) is 16.5 Å². The molecule has 27 heavy (non-hydrogen) atoms. The molecule has 1 aromatic heterocycles. The van der Waals surface area contributed by atoms with Crippen LogP contribution in [0, 0.1) is 0 Å². The van der Waals surface area contributed by atoms with Crippen LogP contribution in [0.4, 0.5) is 5.13 Å². The van der Waals surface area contributed by atoms with E-state index in [1.807, 2.05) is 55.5 Å². The topological polar surface area (TPSA) is 64.6 Å². The van der Waals surface area contributed by atoms with Gasteiger partial charge in [-0.3, -0.25) is 9.69 Å².